The summed E-state index contributed by atoms with van der Waals surface area (Å²) in [7, 11) is 0. The molecule has 24 heavy (non-hydrogen) atoms. The fourth-order valence-corrected chi connectivity index (χ4v) is 4.22. The number of aromatic nitrogens is 1. The Balaban J connectivity index is 2.21. The molecule has 0 radical (unpaired) electrons. The number of nitrogens with zero attached hydrogens (tertiary/aromatic N) is 1. The Morgan fingerprint density at radius 3 is 2.71 bits per heavy atom. The Morgan fingerprint density at radius 2 is 2.00 bits per heavy atom. The van der Waals surface area contributed by atoms with E-state index in [2.05, 4.69) is 0 Å². The summed E-state index contributed by atoms with van der Waals surface area (Å²) in [5, 5.41) is 21.1. The van der Waals surface area contributed by atoms with Crippen LogP contribution in [0.4, 0.5) is 0 Å². The molecule has 0 unspecified atom stereocenters. The van der Waals surface area contributed by atoms with Crippen molar-refractivity contribution in [3.63, 3.8) is 0 Å². The predicted molar refractivity (Wildman–Crippen MR) is 96.6 cm³/mol. The molecule has 4 nitrogen and oxygen atoms in total. The topological polar surface area (TPSA) is 62.5 Å². The van der Waals surface area contributed by atoms with Crippen LogP contribution in [0, 0.1) is 6.92 Å². The van der Waals surface area contributed by atoms with Gasteiger partial charge in [-0.25, -0.2) is 0 Å². The van der Waals surface area contributed by atoms with Gasteiger partial charge < -0.3 is 14.8 Å². The standard InChI is InChI=1S/C17H13Cl2NO3S/c1-9-17(24-14-7-10(18)5-6-13(14)21)11-3-2-4-12(19)16(11)20(9)8-15(22)23/h2-7,21H,8H2,1H3,(H,22,23). The van der Waals surface area contributed by atoms with E-state index in [1.807, 2.05) is 19.1 Å². The molecule has 0 spiro atoms. The largest absolute Gasteiger partial charge is 0.507 e. The third kappa shape index (κ3) is 3.07. The zero-order chi connectivity index (χ0) is 17.4. The highest BCUT2D eigenvalue weighted by Gasteiger charge is 2.19. The Hall–Kier alpha value is -1.82. The second-order valence-corrected chi connectivity index (χ2v) is 7.14. The second-order valence-electron chi connectivity index (χ2n) is 5.24. The maximum atomic E-state index is 11.2. The first-order valence-corrected chi connectivity index (χ1v) is 8.61. The molecule has 1 heterocycles. The highest BCUT2D eigenvalue weighted by Crippen LogP contribution is 2.43. The van der Waals surface area contributed by atoms with Crippen molar-refractivity contribution in [3.05, 3.63) is 52.1 Å². The average Bonchev–Trinajstić information content (AvgIpc) is 2.77. The van der Waals surface area contributed by atoms with E-state index in [4.69, 9.17) is 23.2 Å². The number of carboxylic acids is 1. The number of fused-ring (bicyclic) bond motifs is 1. The van der Waals surface area contributed by atoms with E-state index >= 15 is 0 Å². The number of hydrogen-bond acceptors (Lipinski definition) is 3. The van der Waals surface area contributed by atoms with E-state index in [1.165, 1.54) is 17.8 Å². The molecule has 124 valence electrons. The molecule has 0 aliphatic rings. The molecule has 0 bridgehead atoms. The van der Waals surface area contributed by atoms with Crippen molar-refractivity contribution >= 4 is 51.8 Å². The van der Waals surface area contributed by atoms with E-state index in [1.54, 1.807) is 22.8 Å². The summed E-state index contributed by atoms with van der Waals surface area (Å²) < 4.78 is 1.67. The lowest BCUT2D eigenvalue weighted by atomic mass is 10.2. The van der Waals surface area contributed by atoms with Crippen LogP contribution in [0.5, 0.6) is 5.75 Å². The number of benzene rings is 2. The van der Waals surface area contributed by atoms with Gasteiger partial charge in [0.15, 0.2) is 0 Å². The molecule has 2 N–H and O–H groups in total. The van der Waals surface area contributed by atoms with Gasteiger partial charge in [-0.05, 0) is 31.2 Å². The van der Waals surface area contributed by atoms with Crippen molar-refractivity contribution in [2.45, 2.75) is 23.3 Å². The number of hydrogen-bond donors (Lipinski definition) is 2. The number of para-hydroxylation sites is 1. The molecule has 0 aliphatic heterocycles. The molecular formula is C17H13Cl2NO3S. The Labute approximate surface area is 152 Å². The van der Waals surface area contributed by atoms with E-state index in [0.29, 0.717) is 20.5 Å². The fourth-order valence-electron chi connectivity index (χ4n) is 2.60. The summed E-state index contributed by atoms with van der Waals surface area (Å²) in [5.74, 6) is -0.831. The summed E-state index contributed by atoms with van der Waals surface area (Å²) in [6.07, 6.45) is 0. The lowest BCUT2D eigenvalue weighted by Crippen LogP contribution is -2.10. The minimum absolute atomic E-state index is 0.116. The molecule has 3 aromatic rings. The SMILES string of the molecule is Cc1c(Sc2cc(Cl)ccc2O)c2cccc(Cl)c2n1CC(=O)O. The van der Waals surface area contributed by atoms with Gasteiger partial charge in [0, 0.05) is 21.0 Å². The van der Waals surface area contributed by atoms with Crippen LogP contribution in [0.2, 0.25) is 10.0 Å². The normalized spacial score (nSPS) is 11.1. The zero-order valence-corrected chi connectivity index (χ0v) is 14.9. The first kappa shape index (κ1) is 17.0. The van der Waals surface area contributed by atoms with Crippen LogP contribution in [-0.2, 0) is 11.3 Å². The smallest absolute Gasteiger partial charge is 0.323 e. The Morgan fingerprint density at radius 1 is 1.25 bits per heavy atom. The molecule has 3 rings (SSSR count). The highest BCUT2D eigenvalue weighted by atomic mass is 35.5. The summed E-state index contributed by atoms with van der Waals surface area (Å²) in [6, 6.07) is 10.2. The Kier molecular flexibility index (Phi) is 4.67. The lowest BCUT2D eigenvalue weighted by molar-refractivity contribution is -0.137. The molecular weight excluding hydrogens is 369 g/mol. The van der Waals surface area contributed by atoms with Gasteiger partial charge in [-0.1, -0.05) is 47.1 Å². The van der Waals surface area contributed by atoms with Gasteiger partial charge in [-0.2, -0.15) is 0 Å². The molecule has 0 fully saturated rings. The average molecular weight is 382 g/mol. The molecule has 2 aromatic carbocycles. The number of carbonyl (C=O) groups is 1. The van der Waals surface area contributed by atoms with Crippen molar-refractivity contribution in [1.29, 1.82) is 0 Å². The summed E-state index contributed by atoms with van der Waals surface area (Å²) in [4.78, 5) is 12.7. The number of rotatable bonds is 4. The fraction of sp³-hybridized carbons (Fsp3) is 0.118. The number of phenolic OH excluding ortho intramolecular Hbond substituents is 1. The second kappa shape index (κ2) is 6.59. The van der Waals surface area contributed by atoms with Crippen LogP contribution in [0.3, 0.4) is 0 Å². The van der Waals surface area contributed by atoms with E-state index in [-0.39, 0.29) is 12.3 Å². The van der Waals surface area contributed by atoms with E-state index < -0.39 is 5.97 Å². The molecule has 0 atom stereocenters. The highest BCUT2D eigenvalue weighted by molar-refractivity contribution is 7.99. The molecule has 0 saturated heterocycles. The molecule has 0 aliphatic carbocycles. The van der Waals surface area contributed by atoms with Crippen molar-refractivity contribution in [2.24, 2.45) is 0 Å². The van der Waals surface area contributed by atoms with E-state index in [0.717, 1.165) is 16.0 Å². The maximum absolute atomic E-state index is 11.2. The van der Waals surface area contributed by atoms with Crippen LogP contribution in [0.15, 0.2) is 46.2 Å². The first-order chi connectivity index (χ1) is 11.4. The van der Waals surface area contributed by atoms with Crippen molar-refractivity contribution in [1.82, 2.24) is 4.57 Å². The van der Waals surface area contributed by atoms with Gasteiger partial charge in [-0.3, -0.25) is 4.79 Å². The third-order valence-corrected chi connectivity index (χ3v) is 5.47. The summed E-state index contributed by atoms with van der Waals surface area (Å²) in [5.41, 5.74) is 1.44. The maximum Gasteiger partial charge on any atom is 0.323 e. The molecule has 1 aromatic heterocycles. The van der Waals surface area contributed by atoms with Gasteiger partial charge in [-0.15, -0.1) is 0 Å². The zero-order valence-electron chi connectivity index (χ0n) is 12.6. The van der Waals surface area contributed by atoms with Crippen LogP contribution in [-0.4, -0.2) is 20.7 Å². The van der Waals surface area contributed by atoms with Gasteiger partial charge in [0.05, 0.1) is 15.4 Å². The third-order valence-electron chi connectivity index (χ3n) is 3.66. The predicted octanol–water partition coefficient (Wildman–Crippen LogP) is 5.20. The minimum Gasteiger partial charge on any atom is -0.507 e. The first-order valence-electron chi connectivity index (χ1n) is 7.04. The van der Waals surface area contributed by atoms with E-state index in [9.17, 15) is 15.0 Å². The Bertz CT molecular complexity index is 953. The number of aliphatic carboxylic acids is 1. The molecule has 0 amide bonds. The van der Waals surface area contributed by atoms with Crippen LogP contribution in [0.25, 0.3) is 10.9 Å². The van der Waals surface area contributed by atoms with Gasteiger partial charge >= 0.3 is 5.97 Å². The molecule has 7 heteroatoms. The van der Waals surface area contributed by atoms with Gasteiger partial charge in [0.1, 0.15) is 12.3 Å². The van der Waals surface area contributed by atoms with Crippen LogP contribution < -0.4 is 0 Å². The van der Waals surface area contributed by atoms with Gasteiger partial charge in [0.25, 0.3) is 0 Å². The summed E-state index contributed by atoms with van der Waals surface area (Å²) in [6.45, 7) is 1.65. The minimum atomic E-state index is -0.947. The van der Waals surface area contributed by atoms with Crippen LogP contribution in [0.1, 0.15) is 5.69 Å². The number of halogens is 2. The monoisotopic (exact) mass is 381 g/mol. The van der Waals surface area contributed by atoms with Crippen molar-refractivity contribution < 1.29 is 15.0 Å². The number of phenols is 1. The summed E-state index contributed by atoms with van der Waals surface area (Å²) >= 11 is 13.6. The quantitative estimate of drug-likeness (QED) is 0.651. The van der Waals surface area contributed by atoms with Gasteiger partial charge in [0.2, 0.25) is 0 Å². The number of carboxylic acid groups (broad SMARTS) is 1. The van der Waals surface area contributed by atoms with Crippen LogP contribution >= 0.6 is 35.0 Å². The van der Waals surface area contributed by atoms with Crippen molar-refractivity contribution in [3.8, 4) is 5.75 Å². The molecule has 0 saturated carbocycles. The lowest BCUT2D eigenvalue weighted by Gasteiger charge is -2.07. The van der Waals surface area contributed by atoms with Crippen molar-refractivity contribution in [2.75, 3.05) is 0 Å². The number of aromatic hydroxyl groups is 1.